The lowest BCUT2D eigenvalue weighted by Gasteiger charge is -2.09. The number of carbonyl (C=O) groups is 1. The molecule has 2 aromatic heterocycles. The number of aromatic nitrogens is 2. The van der Waals surface area contributed by atoms with Crippen molar-refractivity contribution in [2.24, 2.45) is 0 Å². The molecule has 0 aromatic carbocycles. The van der Waals surface area contributed by atoms with E-state index in [0.29, 0.717) is 24.5 Å². The highest BCUT2D eigenvalue weighted by atomic mass is 16.5. The van der Waals surface area contributed by atoms with E-state index in [1.807, 2.05) is 12.1 Å². The highest BCUT2D eigenvalue weighted by Crippen LogP contribution is 2.14. The molecule has 0 saturated carbocycles. The van der Waals surface area contributed by atoms with Gasteiger partial charge in [0, 0.05) is 25.1 Å². The standard InChI is InChI=1S/C14H15N3O2/c1-2-19-14(18)12-4-3-7-16-13(12)17-10-11-5-8-15-9-6-11/h3-9H,2,10H2,1H3,(H,16,17). The van der Waals surface area contributed by atoms with Gasteiger partial charge < -0.3 is 10.1 Å². The molecule has 0 amide bonds. The molecule has 0 saturated heterocycles. The van der Waals surface area contributed by atoms with Gasteiger partial charge >= 0.3 is 5.97 Å². The van der Waals surface area contributed by atoms with Crippen LogP contribution in [0.2, 0.25) is 0 Å². The normalized spacial score (nSPS) is 9.95. The van der Waals surface area contributed by atoms with Crippen molar-refractivity contribution in [3.05, 3.63) is 54.0 Å². The zero-order valence-electron chi connectivity index (χ0n) is 10.7. The fraction of sp³-hybridized carbons (Fsp3) is 0.214. The van der Waals surface area contributed by atoms with Crippen LogP contribution >= 0.6 is 0 Å². The second kappa shape index (κ2) is 6.49. The van der Waals surface area contributed by atoms with Crippen LogP contribution in [0.15, 0.2) is 42.9 Å². The van der Waals surface area contributed by atoms with Crippen LogP contribution in [-0.2, 0) is 11.3 Å². The molecule has 0 radical (unpaired) electrons. The van der Waals surface area contributed by atoms with Crippen LogP contribution in [0.4, 0.5) is 5.82 Å². The van der Waals surface area contributed by atoms with Gasteiger partial charge in [-0.3, -0.25) is 4.98 Å². The van der Waals surface area contributed by atoms with Gasteiger partial charge in [0.25, 0.3) is 0 Å². The highest BCUT2D eigenvalue weighted by molar-refractivity contribution is 5.94. The van der Waals surface area contributed by atoms with Gasteiger partial charge in [-0.2, -0.15) is 0 Å². The highest BCUT2D eigenvalue weighted by Gasteiger charge is 2.12. The molecule has 2 heterocycles. The third kappa shape index (κ3) is 3.51. The molecule has 0 atom stereocenters. The van der Waals surface area contributed by atoms with Crippen LogP contribution in [0.1, 0.15) is 22.8 Å². The minimum atomic E-state index is -0.368. The number of esters is 1. The van der Waals surface area contributed by atoms with Gasteiger partial charge in [0.1, 0.15) is 11.4 Å². The van der Waals surface area contributed by atoms with Crippen molar-refractivity contribution in [3.63, 3.8) is 0 Å². The minimum absolute atomic E-state index is 0.345. The molecule has 0 aliphatic carbocycles. The van der Waals surface area contributed by atoms with Gasteiger partial charge in [0.15, 0.2) is 0 Å². The van der Waals surface area contributed by atoms with Crippen molar-refractivity contribution in [2.75, 3.05) is 11.9 Å². The summed E-state index contributed by atoms with van der Waals surface area (Å²) in [6, 6.07) is 7.21. The Morgan fingerprint density at radius 1 is 1.26 bits per heavy atom. The maximum Gasteiger partial charge on any atom is 0.341 e. The van der Waals surface area contributed by atoms with E-state index in [9.17, 15) is 4.79 Å². The molecule has 5 heteroatoms. The lowest BCUT2D eigenvalue weighted by molar-refractivity contribution is 0.0527. The summed E-state index contributed by atoms with van der Waals surface area (Å²) in [4.78, 5) is 19.9. The summed E-state index contributed by atoms with van der Waals surface area (Å²) < 4.78 is 4.99. The molecule has 19 heavy (non-hydrogen) atoms. The molecule has 0 spiro atoms. The molecule has 0 aliphatic heterocycles. The van der Waals surface area contributed by atoms with E-state index in [1.54, 1.807) is 37.6 Å². The second-order valence-corrected chi connectivity index (χ2v) is 3.83. The van der Waals surface area contributed by atoms with Crippen LogP contribution in [0.3, 0.4) is 0 Å². The third-order valence-electron chi connectivity index (χ3n) is 2.51. The van der Waals surface area contributed by atoms with Crippen LogP contribution in [0.25, 0.3) is 0 Å². The summed E-state index contributed by atoms with van der Waals surface area (Å²) >= 11 is 0. The van der Waals surface area contributed by atoms with Gasteiger partial charge in [-0.05, 0) is 36.8 Å². The summed E-state index contributed by atoms with van der Waals surface area (Å²) in [5.74, 6) is 0.158. The summed E-state index contributed by atoms with van der Waals surface area (Å²) in [6.45, 7) is 2.70. The van der Waals surface area contributed by atoms with Crippen LogP contribution in [0, 0.1) is 0 Å². The predicted octanol–water partition coefficient (Wildman–Crippen LogP) is 2.27. The Balaban J connectivity index is 2.10. The molecule has 0 bridgehead atoms. The van der Waals surface area contributed by atoms with Crippen molar-refractivity contribution >= 4 is 11.8 Å². The van der Waals surface area contributed by atoms with Gasteiger partial charge in [0.05, 0.1) is 6.61 Å². The number of nitrogens with zero attached hydrogens (tertiary/aromatic N) is 2. The fourth-order valence-corrected chi connectivity index (χ4v) is 1.61. The maximum atomic E-state index is 11.8. The van der Waals surface area contributed by atoms with Crippen molar-refractivity contribution < 1.29 is 9.53 Å². The Labute approximate surface area is 111 Å². The number of ether oxygens (including phenoxy) is 1. The quantitative estimate of drug-likeness (QED) is 0.832. The van der Waals surface area contributed by atoms with Gasteiger partial charge in [0.2, 0.25) is 0 Å². The Morgan fingerprint density at radius 3 is 2.79 bits per heavy atom. The van der Waals surface area contributed by atoms with Crippen molar-refractivity contribution in [1.82, 2.24) is 9.97 Å². The predicted molar refractivity (Wildman–Crippen MR) is 71.8 cm³/mol. The first kappa shape index (κ1) is 13.0. The first-order valence-electron chi connectivity index (χ1n) is 6.06. The largest absolute Gasteiger partial charge is 0.462 e. The summed E-state index contributed by atoms with van der Waals surface area (Å²) in [5.41, 5.74) is 1.51. The van der Waals surface area contributed by atoms with Gasteiger partial charge in [-0.15, -0.1) is 0 Å². The number of pyridine rings is 2. The average molecular weight is 257 g/mol. The van der Waals surface area contributed by atoms with Gasteiger partial charge in [-0.25, -0.2) is 9.78 Å². The second-order valence-electron chi connectivity index (χ2n) is 3.83. The lowest BCUT2D eigenvalue weighted by Crippen LogP contribution is -2.11. The molecule has 98 valence electrons. The number of rotatable bonds is 5. The molecular weight excluding hydrogens is 242 g/mol. The van der Waals surface area contributed by atoms with E-state index in [2.05, 4.69) is 15.3 Å². The molecule has 0 fully saturated rings. The van der Waals surface area contributed by atoms with Gasteiger partial charge in [-0.1, -0.05) is 0 Å². The Kier molecular flexibility index (Phi) is 4.44. The van der Waals surface area contributed by atoms with Crippen LogP contribution in [-0.4, -0.2) is 22.5 Å². The lowest BCUT2D eigenvalue weighted by atomic mass is 10.2. The molecule has 1 N–H and O–H groups in total. The monoisotopic (exact) mass is 257 g/mol. The number of nitrogens with one attached hydrogen (secondary N) is 1. The number of anilines is 1. The zero-order valence-corrected chi connectivity index (χ0v) is 10.7. The van der Waals surface area contributed by atoms with Crippen LogP contribution < -0.4 is 5.32 Å². The summed E-state index contributed by atoms with van der Waals surface area (Å²) in [5, 5.41) is 3.13. The topological polar surface area (TPSA) is 64.1 Å². The van der Waals surface area contributed by atoms with Crippen molar-refractivity contribution in [1.29, 1.82) is 0 Å². The number of hydrogen-bond donors (Lipinski definition) is 1. The third-order valence-corrected chi connectivity index (χ3v) is 2.51. The molecule has 0 unspecified atom stereocenters. The Hall–Kier alpha value is -2.43. The molecule has 0 aliphatic rings. The SMILES string of the molecule is CCOC(=O)c1cccnc1NCc1ccncc1. The van der Waals surface area contributed by atoms with E-state index < -0.39 is 0 Å². The number of carbonyl (C=O) groups excluding carboxylic acids is 1. The first-order chi connectivity index (χ1) is 9.31. The number of hydrogen-bond acceptors (Lipinski definition) is 5. The van der Waals surface area contributed by atoms with Crippen molar-refractivity contribution in [3.8, 4) is 0 Å². The fourth-order valence-electron chi connectivity index (χ4n) is 1.61. The first-order valence-corrected chi connectivity index (χ1v) is 6.06. The summed E-state index contributed by atoms with van der Waals surface area (Å²) in [6.07, 6.45) is 5.08. The molecule has 2 aromatic rings. The summed E-state index contributed by atoms with van der Waals surface area (Å²) in [7, 11) is 0. The van der Waals surface area contributed by atoms with E-state index in [4.69, 9.17) is 4.74 Å². The average Bonchev–Trinajstić information content (AvgIpc) is 2.47. The van der Waals surface area contributed by atoms with E-state index in [1.165, 1.54) is 0 Å². The van der Waals surface area contributed by atoms with E-state index in [0.717, 1.165) is 5.56 Å². The van der Waals surface area contributed by atoms with E-state index >= 15 is 0 Å². The zero-order chi connectivity index (χ0) is 13.5. The Bertz CT molecular complexity index is 543. The smallest absolute Gasteiger partial charge is 0.341 e. The van der Waals surface area contributed by atoms with E-state index in [-0.39, 0.29) is 5.97 Å². The Morgan fingerprint density at radius 2 is 2.05 bits per heavy atom. The van der Waals surface area contributed by atoms with Crippen LogP contribution in [0.5, 0.6) is 0 Å². The molecular formula is C14H15N3O2. The van der Waals surface area contributed by atoms with Crippen molar-refractivity contribution in [2.45, 2.75) is 13.5 Å². The minimum Gasteiger partial charge on any atom is -0.462 e. The maximum absolute atomic E-state index is 11.8. The molecule has 2 rings (SSSR count). The molecule has 5 nitrogen and oxygen atoms in total.